The Morgan fingerprint density at radius 3 is 2.40 bits per heavy atom. The lowest BCUT2D eigenvalue weighted by atomic mass is 9.68. The highest BCUT2D eigenvalue weighted by atomic mass is 35.5. The second-order valence-electron chi connectivity index (χ2n) is 19.5. The van der Waals surface area contributed by atoms with E-state index in [2.05, 4.69) is 47.9 Å². The summed E-state index contributed by atoms with van der Waals surface area (Å²) in [6, 6.07) is 8.92. The van der Waals surface area contributed by atoms with Crippen LogP contribution >= 0.6 is 11.6 Å². The summed E-state index contributed by atoms with van der Waals surface area (Å²) in [5, 5.41) is 13.8. The molecule has 0 bridgehead atoms. The molecular formula is C48H59ClF2N12O5. The summed E-state index contributed by atoms with van der Waals surface area (Å²) in [6.07, 6.45) is 7.09. The summed E-state index contributed by atoms with van der Waals surface area (Å²) < 4.78 is 40.1. The summed E-state index contributed by atoms with van der Waals surface area (Å²) in [5.74, 6) is -2.70. The molecule has 5 amide bonds. The molecule has 5 aliphatic heterocycles. The molecule has 20 heteroatoms. The molecule has 0 unspecified atom stereocenters. The molecule has 10 rings (SSSR count). The van der Waals surface area contributed by atoms with Gasteiger partial charge in [0.2, 0.25) is 5.91 Å². The minimum Gasteiger partial charge on any atom is -0.385 e. The number of carbonyl (C=O) groups excluding carboxylic acids is 4. The smallest absolute Gasteiger partial charge is 0.328 e. The van der Waals surface area contributed by atoms with Crippen molar-refractivity contribution >= 4 is 63.9 Å². The number of alkyl halides is 2. The number of aryl methyl sites for hydroxylation is 1. The van der Waals surface area contributed by atoms with Crippen LogP contribution in [0.1, 0.15) is 89.2 Å². The highest BCUT2D eigenvalue weighted by Gasteiger charge is 2.57. The van der Waals surface area contributed by atoms with Crippen LogP contribution in [-0.2, 0) is 22.5 Å². The molecule has 1 aliphatic carbocycles. The minimum atomic E-state index is -2.84. The van der Waals surface area contributed by atoms with Gasteiger partial charge in [0.05, 0.1) is 47.0 Å². The first kappa shape index (κ1) is 46.2. The highest BCUT2D eigenvalue weighted by Crippen LogP contribution is 2.51. The van der Waals surface area contributed by atoms with Gasteiger partial charge < -0.3 is 30.1 Å². The molecule has 1 spiro atoms. The number of rotatable bonds is 11. The molecule has 17 nitrogen and oxygen atoms in total. The van der Waals surface area contributed by atoms with Crippen LogP contribution in [0.3, 0.4) is 0 Å². The minimum absolute atomic E-state index is 0.00651. The van der Waals surface area contributed by atoms with Gasteiger partial charge in [-0.05, 0) is 107 Å². The number of carbonyl (C=O) groups is 4. The van der Waals surface area contributed by atoms with Gasteiger partial charge in [0.25, 0.3) is 17.7 Å². The van der Waals surface area contributed by atoms with Crippen molar-refractivity contribution in [2.24, 2.45) is 11.3 Å². The van der Waals surface area contributed by atoms with Gasteiger partial charge in [0.15, 0.2) is 17.2 Å². The summed E-state index contributed by atoms with van der Waals surface area (Å²) in [7, 11) is 3.47. The number of pyridine rings is 1. The normalized spacial score (nSPS) is 23.2. The number of nitrogens with one attached hydrogen (secondary N) is 3. The van der Waals surface area contributed by atoms with E-state index in [4.69, 9.17) is 21.4 Å². The first-order valence-electron chi connectivity index (χ1n) is 23.9. The third-order valence-corrected chi connectivity index (χ3v) is 16.1. The molecule has 68 heavy (non-hydrogen) atoms. The van der Waals surface area contributed by atoms with E-state index in [9.17, 15) is 19.2 Å². The van der Waals surface area contributed by atoms with Gasteiger partial charge in [-0.1, -0.05) is 23.7 Å². The predicted molar refractivity (Wildman–Crippen MR) is 252 cm³/mol. The quantitative estimate of drug-likeness (QED) is 0.169. The zero-order valence-corrected chi connectivity index (χ0v) is 39.6. The number of imidazole rings is 1. The lowest BCUT2D eigenvalue weighted by molar-refractivity contribution is -0.189. The Labute approximate surface area is 398 Å². The van der Waals surface area contributed by atoms with Crippen LogP contribution in [-0.4, -0.2) is 149 Å². The summed E-state index contributed by atoms with van der Waals surface area (Å²) in [5.41, 5.74) is 4.70. The van der Waals surface area contributed by atoms with E-state index < -0.39 is 17.4 Å². The molecule has 362 valence electrons. The molecule has 1 saturated carbocycles. The number of nitrogens with zero attached hydrogens (tertiary/aromatic N) is 9. The Morgan fingerprint density at radius 2 is 1.69 bits per heavy atom. The molecule has 2 atom stereocenters. The standard InChI is InChI=1S/C48H59ClF2N12O5/c1-29-42(49)37(62-19-12-41(64)56-46(62)67)23-35(54-29)45(66)60-16-9-30(10-17-60)26-58-20-13-47(14-21-58)15-22-59(28-48(47,50)51)27-31-5-4-6-36-32(31)11-18-61(36)40-24-34(52-2)43-53-25-38(63(43)57-40)44(65)55-33-7-8-39(33)68-3/h4-6,23-25,30,33,39,52H,7-22,26-28H2,1-3H3,(H,55,65)(H,56,64,67)/t33-,39-/m1/s1. The number of hydrogen-bond donors (Lipinski definition) is 3. The largest absolute Gasteiger partial charge is 0.385 e. The maximum atomic E-state index is 16.5. The van der Waals surface area contributed by atoms with E-state index in [-0.39, 0.29) is 60.1 Å². The van der Waals surface area contributed by atoms with Gasteiger partial charge >= 0.3 is 6.03 Å². The summed E-state index contributed by atoms with van der Waals surface area (Å²) >= 11 is 6.52. The zero-order chi connectivity index (χ0) is 47.5. The molecular weight excluding hydrogens is 898 g/mol. The molecule has 3 N–H and O–H groups in total. The van der Waals surface area contributed by atoms with E-state index in [1.165, 1.54) is 11.0 Å². The number of aromatic nitrogens is 4. The number of hydrogen-bond acceptors (Lipinski definition) is 12. The number of imide groups is 1. The van der Waals surface area contributed by atoms with Gasteiger partial charge in [-0.15, -0.1) is 5.10 Å². The van der Waals surface area contributed by atoms with Crippen molar-refractivity contribution in [3.05, 3.63) is 69.8 Å². The number of anilines is 4. The lowest BCUT2D eigenvalue weighted by Crippen LogP contribution is -2.59. The van der Waals surface area contributed by atoms with E-state index in [0.29, 0.717) is 99.5 Å². The van der Waals surface area contributed by atoms with Crippen LogP contribution in [0.25, 0.3) is 5.65 Å². The Kier molecular flexibility index (Phi) is 12.5. The highest BCUT2D eigenvalue weighted by molar-refractivity contribution is 6.34. The van der Waals surface area contributed by atoms with Crippen LogP contribution in [0.4, 0.5) is 36.5 Å². The number of halogens is 3. The molecule has 0 radical (unpaired) electrons. The van der Waals surface area contributed by atoms with Crippen molar-refractivity contribution in [2.45, 2.75) is 89.3 Å². The summed E-state index contributed by atoms with van der Waals surface area (Å²) in [4.78, 5) is 69.9. The topological polar surface area (TPSA) is 173 Å². The van der Waals surface area contributed by atoms with E-state index in [0.717, 1.165) is 61.2 Å². The van der Waals surface area contributed by atoms with Crippen molar-refractivity contribution in [3.63, 3.8) is 0 Å². The Hall–Kier alpha value is -5.50. The molecule has 4 saturated heterocycles. The van der Waals surface area contributed by atoms with Gasteiger partial charge in [0.1, 0.15) is 5.69 Å². The molecule has 8 heterocycles. The number of methoxy groups -OCH3 is 1. The number of fused-ring (bicyclic) bond motifs is 2. The average Bonchev–Trinajstić information content (AvgIpc) is 3.96. The molecule has 4 aromatic rings. The number of amides is 5. The van der Waals surface area contributed by atoms with E-state index >= 15 is 8.78 Å². The average molecular weight is 958 g/mol. The fourth-order valence-electron chi connectivity index (χ4n) is 11.3. The monoisotopic (exact) mass is 956 g/mol. The maximum Gasteiger partial charge on any atom is 0.328 e. The van der Waals surface area contributed by atoms with E-state index in [1.807, 2.05) is 24.1 Å². The third kappa shape index (κ3) is 8.53. The van der Waals surface area contributed by atoms with Crippen molar-refractivity contribution in [2.75, 3.05) is 88.2 Å². The number of benzene rings is 1. The third-order valence-electron chi connectivity index (χ3n) is 15.6. The lowest BCUT2D eigenvalue weighted by Gasteiger charge is -2.51. The van der Waals surface area contributed by atoms with Gasteiger partial charge in [-0.3, -0.25) is 29.5 Å². The summed E-state index contributed by atoms with van der Waals surface area (Å²) in [6.45, 7) is 6.41. The van der Waals surface area contributed by atoms with Crippen LogP contribution < -0.4 is 25.8 Å². The van der Waals surface area contributed by atoms with Crippen LogP contribution in [0, 0.1) is 18.3 Å². The second kappa shape index (κ2) is 18.4. The van der Waals surface area contributed by atoms with Crippen molar-refractivity contribution in [1.82, 2.24) is 44.9 Å². The number of likely N-dealkylation sites (tertiary alicyclic amines) is 3. The van der Waals surface area contributed by atoms with Gasteiger partial charge in [-0.25, -0.2) is 28.1 Å². The van der Waals surface area contributed by atoms with Crippen molar-refractivity contribution in [1.29, 1.82) is 0 Å². The molecule has 6 aliphatic rings. The number of ether oxygens (including phenoxy) is 1. The molecule has 3 aromatic heterocycles. The predicted octanol–water partition coefficient (Wildman–Crippen LogP) is 5.65. The first-order valence-corrected chi connectivity index (χ1v) is 24.3. The Bertz CT molecular complexity index is 2630. The zero-order valence-electron chi connectivity index (χ0n) is 38.8. The molecule has 5 fully saturated rings. The Balaban J connectivity index is 0.732. The second-order valence-corrected chi connectivity index (χ2v) is 19.8. The fourth-order valence-corrected chi connectivity index (χ4v) is 11.5. The molecule has 1 aromatic carbocycles. The van der Waals surface area contributed by atoms with Crippen molar-refractivity contribution < 1.29 is 32.7 Å². The van der Waals surface area contributed by atoms with Crippen LogP contribution in [0.15, 0.2) is 36.5 Å². The number of urea groups is 1. The van der Waals surface area contributed by atoms with Gasteiger partial charge in [-0.2, -0.15) is 0 Å². The fraction of sp³-hybridized carbons (Fsp3) is 0.562. The van der Waals surface area contributed by atoms with Crippen molar-refractivity contribution in [3.8, 4) is 0 Å². The SMILES string of the molecule is CNc1cc(N2CCc3c(CN4CCC5(CCN(CC6CCN(C(=O)c7cc(N8CCC(=O)NC8=O)c(Cl)c(C)n7)CC6)CC5)C(F)(F)C4)cccc32)nn2c(C(=O)N[C@@H]3CC[C@H]3OC)cnc12. The van der Waals surface area contributed by atoms with E-state index in [1.54, 1.807) is 29.6 Å². The van der Waals surface area contributed by atoms with Crippen LogP contribution in [0.5, 0.6) is 0 Å². The van der Waals surface area contributed by atoms with Gasteiger partial charge in [0, 0.05) is 77.0 Å². The Morgan fingerprint density at radius 1 is 0.941 bits per heavy atom. The first-order chi connectivity index (χ1) is 32.7. The van der Waals surface area contributed by atoms with Crippen LogP contribution in [0.2, 0.25) is 5.02 Å². The number of piperidine rings is 3. The maximum absolute atomic E-state index is 16.5.